The van der Waals surface area contributed by atoms with Crippen LogP contribution in [0.5, 0.6) is 0 Å². The minimum Gasteiger partial charge on any atom is -0.392 e. The van der Waals surface area contributed by atoms with Crippen LogP contribution in [0.1, 0.15) is 17.9 Å². The molecule has 7 heteroatoms. The smallest absolute Gasteiger partial charge is 0.237 e. The number of carbonyl (C=O) groups is 1. The lowest BCUT2D eigenvalue weighted by Gasteiger charge is -2.09. The molecule has 3 rings (SSSR count). The Labute approximate surface area is 134 Å². The van der Waals surface area contributed by atoms with Crippen molar-refractivity contribution in [1.82, 2.24) is 20.8 Å². The van der Waals surface area contributed by atoms with E-state index in [4.69, 9.17) is 4.52 Å². The van der Waals surface area contributed by atoms with E-state index in [0.717, 1.165) is 5.56 Å². The van der Waals surface area contributed by atoms with E-state index in [2.05, 4.69) is 20.8 Å². The average molecular weight is 316 g/mol. The Hall–Kier alpha value is -2.25. The van der Waals surface area contributed by atoms with Crippen LogP contribution < -0.4 is 10.6 Å². The summed E-state index contributed by atoms with van der Waals surface area (Å²) >= 11 is 0. The van der Waals surface area contributed by atoms with Crippen molar-refractivity contribution in [3.05, 3.63) is 35.7 Å². The fourth-order valence-corrected chi connectivity index (χ4v) is 2.51. The van der Waals surface area contributed by atoms with Crippen molar-refractivity contribution in [1.29, 1.82) is 0 Å². The maximum Gasteiger partial charge on any atom is 0.237 e. The van der Waals surface area contributed by atoms with Gasteiger partial charge in [0.1, 0.15) is 0 Å². The normalized spacial score (nSPS) is 20.6. The summed E-state index contributed by atoms with van der Waals surface area (Å²) in [6.45, 7) is 2.90. The number of carbonyl (C=O) groups excluding carboxylic acids is 1. The molecule has 3 N–H and O–H groups in total. The quantitative estimate of drug-likeness (QED) is 0.739. The molecule has 1 saturated heterocycles. The van der Waals surface area contributed by atoms with Gasteiger partial charge in [0, 0.05) is 25.1 Å². The summed E-state index contributed by atoms with van der Waals surface area (Å²) in [6, 6.07) is 7.56. The van der Waals surface area contributed by atoms with Crippen molar-refractivity contribution in [2.24, 2.45) is 0 Å². The van der Waals surface area contributed by atoms with Gasteiger partial charge in [0.15, 0.2) is 0 Å². The van der Waals surface area contributed by atoms with Gasteiger partial charge in [-0.15, -0.1) is 0 Å². The minimum atomic E-state index is -0.446. The third-order valence-corrected chi connectivity index (χ3v) is 3.84. The first-order valence-corrected chi connectivity index (χ1v) is 7.70. The molecule has 1 aliphatic heterocycles. The van der Waals surface area contributed by atoms with Crippen LogP contribution in [-0.4, -0.2) is 46.4 Å². The zero-order valence-corrected chi connectivity index (χ0v) is 13.0. The van der Waals surface area contributed by atoms with Crippen LogP contribution in [0, 0.1) is 6.92 Å². The molecule has 2 atom stereocenters. The van der Waals surface area contributed by atoms with Gasteiger partial charge in [-0.3, -0.25) is 4.79 Å². The maximum absolute atomic E-state index is 11.9. The van der Waals surface area contributed by atoms with Crippen LogP contribution in [0.15, 0.2) is 28.8 Å². The lowest BCUT2D eigenvalue weighted by molar-refractivity contribution is -0.122. The topological polar surface area (TPSA) is 100 Å². The van der Waals surface area contributed by atoms with Gasteiger partial charge in [0.05, 0.1) is 12.1 Å². The van der Waals surface area contributed by atoms with E-state index >= 15 is 0 Å². The average Bonchev–Trinajstić information content (AvgIpc) is 3.17. The predicted octanol–water partition coefficient (Wildman–Crippen LogP) is 0.427. The Morgan fingerprint density at radius 3 is 2.91 bits per heavy atom. The fourth-order valence-electron chi connectivity index (χ4n) is 2.51. The second-order valence-electron chi connectivity index (χ2n) is 5.77. The largest absolute Gasteiger partial charge is 0.392 e. The zero-order valence-electron chi connectivity index (χ0n) is 13.0. The van der Waals surface area contributed by atoms with Crippen molar-refractivity contribution >= 4 is 5.91 Å². The number of hydrogen-bond donors (Lipinski definition) is 3. The van der Waals surface area contributed by atoms with E-state index in [9.17, 15) is 9.90 Å². The maximum atomic E-state index is 11.9. The number of benzene rings is 1. The van der Waals surface area contributed by atoms with Gasteiger partial charge in [0.2, 0.25) is 17.6 Å². The number of nitrogens with zero attached hydrogens (tertiary/aromatic N) is 2. The van der Waals surface area contributed by atoms with Crippen molar-refractivity contribution in [2.75, 3.05) is 13.1 Å². The molecule has 2 heterocycles. The molecule has 0 radical (unpaired) electrons. The molecule has 23 heavy (non-hydrogen) atoms. The molecule has 1 aromatic heterocycles. The van der Waals surface area contributed by atoms with Crippen molar-refractivity contribution in [3.63, 3.8) is 0 Å². The first kappa shape index (κ1) is 15.6. The molecule has 7 nitrogen and oxygen atoms in total. The summed E-state index contributed by atoms with van der Waals surface area (Å²) in [6.07, 6.45) is 0.475. The monoisotopic (exact) mass is 316 g/mol. The number of rotatable bonds is 5. The van der Waals surface area contributed by atoms with Gasteiger partial charge < -0.3 is 20.3 Å². The molecule has 0 spiro atoms. The van der Waals surface area contributed by atoms with Gasteiger partial charge in [0.25, 0.3) is 0 Å². The van der Waals surface area contributed by atoms with Crippen molar-refractivity contribution in [2.45, 2.75) is 31.9 Å². The molecular weight excluding hydrogens is 296 g/mol. The van der Waals surface area contributed by atoms with Crippen LogP contribution >= 0.6 is 0 Å². The molecule has 0 saturated carbocycles. The highest BCUT2D eigenvalue weighted by atomic mass is 16.5. The lowest BCUT2D eigenvalue weighted by Crippen LogP contribution is -2.41. The summed E-state index contributed by atoms with van der Waals surface area (Å²) in [5.41, 5.74) is 2.07. The van der Waals surface area contributed by atoms with E-state index in [1.807, 2.05) is 31.2 Å². The van der Waals surface area contributed by atoms with Crippen LogP contribution in [-0.2, 0) is 11.2 Å². The Kier molecular flexibility index (Phi) is 4.68. The number of β-amino-alcohol motifs (C(OH)–C–C–N with tert-alkyl or cyclic N) is 1. The van der Waals surface area contributed by atoms with E-state index in [1.54, 1.807) is 0 Å². The first-order chi connectivity index (χ1) is 11.1. The SMILES string of the molecule is Cc1ccc(-c2noc(CCNC(=O)[C@@H]3C[C@@H](O)CN3)n2)cc1. The number of aryl methyl sites for hydroxylation is 1. The van der Waals surface area contributed by atoms with Gasteiger partial charge in [-0.05, 0) is 13.3 Å². The minimum absolute atomic E-state index is 0.111. The highest BCUT2D eigenvalue weighted by molar-refractivity contribution is 5.82. The fraction of sp³-hybridized carbons (Fsp3) is 0.438. The Morgan fingerprint density at radius 1 is 1.43 bits per heavy atom. The Bertz CT molecular complexity index is 668. The summed E-state index contributed by atoms with van der Waals surface area (Å²) in [5.74, 6) is 0.923. The Morgan fingerprint density at radius 2 is 2.22 bits per heavy atom. The Balaban J connectivity index is 1.49. The number of amides is 1. The number of nitrogens with one attached hydrogen (secondary N) is 2. The summed E-state index contributed by atoms with van der Waals surface area (Å²) in [7, 11) is 0. The number of aliphatic hydroxyl groups excluding tert-OH is 1. The third-order valence-electron chi connectivity index (χ3n) is 3.84. The standard InChI is InChI=1S/C16H20N4O3/c1-10-2-4-11(5-3-10)15-19-14(23-20-15)6-7-17-16(22)13-8-12(21)9-18-13/h2-5,12-13,18,21H,6-9H2,1H3,(H,17,22)/t12-,13+/m1/s1. The highest BCUT2D eigenvalue weighted by Gasteiger charge is 2.27. The molecule has 1 amide bonds. The number of hydrogen-bond acceptors (Lipinski definition) is 6. The van der Waals surface area contributed by atoms with Gasteiger partial charge in [-0.1, -0.05) is 35.0 Å². The molecule has 1 aliphatic rings. The summed E-state index contributed by atoms with van der Waals surface area (Å²) < 4.78 is 5.21. The van der Waals surface area contributed by atoms with E-state index in [1.165, 1.54) is 5.56 Å². The van der Waals surface area contributed by atoms with E-state index < -0.39 is 6.10 Å². The highest BCUT2D eigenvalue weighted by Crippen LogP contribution is 2.16. The first-order valence-electron chi connectivity index (χ1n) is 7.70. The molecule has 0 aliphatic carbocycles. The molecule has 2 aromatic rings. The zero-order chi connectivity index (χ0) is 16.2. The van der Waals surface area contributed by atoms with Crippen LogP contribution in [0.25, 0.3) is 11.4 Å². The van der Waals surface area contributed by atoms with Crippen LogP contribution in [0.4, 0.5) is 0 Å². The molecule has 0 bridgehead atoms. The lowest BCUT2D eigenvalue weighted by atomic mass is 10.1. The second-order valence-corrected chi connectivity index (χ2v) is 5.77. The van der Waals surface area contributed by atoms with E-state index in [-0.39, 0.29) is 11.9 Å². The van der Waals surface area contributed by atoms with Gasteiger partial charge >= 0.3 is 0 Å². The van der Waals surface area contributed by atoms with Crippen molar-refractivity contribution < 1.29 is 14.4 Å². The van der Waals surface area contributed by atoms with Crippen LogP contribution in [0.3, 0.4) is 0 Å². The molecule has 0 unspecified atom stereocenters. The molecule has 1 fully saturated rings. The summed E-state index contributed by atoms with van der Waals surface area (Å²) in [5, 5.41) is 19.1. The molecular formula is C16H20N4O3. The number of aliphatic hydroxyl groups is 1. The molecule has 1 aromatic carbocycles. The second kappa shape index (κ2) is 6.89. The third kappa shape index (κ3) is 3.94. The summed E-state index contributed by atoms with van der Waals surface area (Å²) in [4.78, 5) is 16.2. The predicted molar refractivity (Wildman–Crippen MR) is 83.6 cm³/mol. The molecule has 122 valence electrons. The van der Waals surface area contributed by atoms with E-state index in [0.29, 0.717) is 37.6 Å². The van der Waals surface area contributed by atoms with Gasteiger partial charge in [-0.2, -0.15) is 4.98 Å². The van der Waals surface area contributed by atoms with Crippen molar-refractivity contribution in [3.8, 4) is 11.4 Å². The number of aromatic nitrogens is 2. The van der Waals surface area contributed by atoms with Gasteiger partial charge in [-0.25, -0.2) is 0 Å². The van der Waals surface area contributed by atoms with Crippen LogP contribution in [0.2, 0.25) is 0 Å².